The van der Waals surface area contributed by atoms with Crippen molar-refractivity contribution < 1.29 is 15.0 Å². The summed E-state index contributed by atoms with van der Waals surface area (Å²) < 4.78 is 0. The number of carbonyl (C=O) groups is 1. The van der Waals surface area contributed by atoms with Crippen molar-refractivity contribution in [3.63, 3.8) is 0 Å². The zero-order valence-electron chi connectivity index (χ0n) is 13.1. The molecule has 0 amide bonds. The maximum absolute atomic E-state index is 11.6. The molecule has 0 radical (unpaired) electrons. The van der Waals surface area contributed by atoms with Crippen molar-refractivity contribution in [3.05, 3.63) is 28.8 Å². The van der Waals surface area contributed by atoms with Crippen molar-refractivity contribution in [1.29, 1.82) is 0 Å². The van der Waals surface area contributed by atoms with E-state index in [0.29, 0.717) is 5.56 Å². The molecule has 0 saturated heterocycles. The molecule has 21 heavy (non-hydrogen) atoms. The first kappa shape index (κ1) is 14.6. The minimum Gasteiger partial charge on any atom is -0.507 e. The summed E-state index contributed by atoms with van der Waals surface area (Å²) in [6.07, 6.45) is 4.68. The van der Waals surface area contributed by atoms with Gasteiger partial charge >= 0.3 is 0 Å². The van der Waals surface area contributed by atoms with E-state index in [9.17, 15) is 15.0 Å². The first-order valence-electron chi connectivity index (χ1n) is 7.85. The zero-order chi connectivity index (χ0) is 15.4. The number of phenols is 1. The summed E-state index contributed by atoms with van der Waals surface area (Å²) >= 11 is 0. The van der Waals surface area contributed by atoms with E-state index in [0.717, 1.165) is 43.2 Å². The van der Waals surface area contributed by atoms with Gasteiger partial charge in [0, 0.05) is 0 Å². The Morgan fingerprint density at radius 2 is 2.00 bits per heavy atom. The minimum atomic E-state index is -0.639. The summed E-state index contributed by atoms with van der Waals surface area (Å²) in [6.45, 7) is 5.64. The molecule has 3 atom stereocenters. The van der Waals surface area contributed by atoms with Crippen LogP contribution in [0.5, 0.6) is 5.75 Å². The second kappa shape index (κ2) is 4.57. The number of carbonyl (C=O) groups excluding carboxylic acids is 1. The number of Topliss-reactive ketones (excluding diaryl/α,β-unsaturated/α-hetero) is 1. The number of hydrogen-bond donors (Lipinski definition) is 2. The molecule has 3 heteroatoms. The molecule has 3 rings (SSSR count). The van der Waals surface area contributed by atoms with E-state index in [2.05, 4.69) is 6.92 Å². The minimum absolute atomic E-state index is 0.0772. The Morgan fingerprint density at radius 1 is 1.29 bits per heavy atom. The van der Waals surface area contributed by atoms with Crippen molar-refractivity contribution in [1.82, 2.24) is 0 Å². The predicted molar refractivity (Wildman–Crippen MR) is 81.7 cm³/mol. The van der Waals surface area contributed by atoms with Gasteiger partial charge in [-0.3, -0.25) is 4.79 Å². The van der Waals surface area contributed by atoms with Gasteiger partial charge in [0.2, 0.25) is 0 Å². The van der Waals surface area contributed by atoms with Gasteiger partial charge in [0.25, 0.3) is 0 Å². The van der Waals surface area contributed by atoms with Crippen LogP contribution in [0.15, 0.2) is 12.1 Å². The van der Waals surface area contributed by atoms with Crippen LogP contribution in [0.25, 0.3) is 0 Å². The molecule has 1 aromatic rings. The van der Waals surface area contributed by atoms with Gasteiger partial charge in [0.05, 0.1) is 11.2 Å². The first-order valence-corrected chi connectivity index (χ1v) is 7.85. The summed E-state index contributed by atoms with van der Waals surface area (Å²) in [5.41, 5.74) is 1.95. The maximum atomic E-state index is 11.6. The molecular weight excluding hydrogens is 264 g/mol. The van der Waals surface area contributed by atoms with Crippen LogP contribution < -0.4 is 0 Å². The van der Waals surface area contributed by atoms with Crippen LogP contribution in [-0.2, 0) is 11.8 Å². The number of rotatable bonds is 1. The van der Waals surface area contributed by atoms with Gasteiger partial charge in [-0.15, -0.1) is 0 Å². The van der Waals surface area contributed by atoms with Crippen LogP contribution in [0.2, 0.25) is 0 Å². The molecular formula is C18H24O3. The fourth-order valence-electron chi connectivity index (χ4n) is 4.75. The van der Waals surface area contributed by atoms with Crippen LogP contribution in [0.1, 0.15) is 67.9 Å². The molecule has 1 fully saturated rings. The van der Waals surface area contributed by atoms with E-state index in [1.165, 1.54) is 6.92 Å². The van der Waals surface area contributed by atoms with Crippen LogP contribution in [0.4, 0.5) is 0 Å². The number of aromatic hydroxyl groups is 1. The fourth-order valence-corrected chi connectivity index (χ4v) is 4.75. The third-order valence-corrected chi connectivity index (χ3v) is 5.82. The second-order valence-electron chi connectivity index (χ2n) is 7.30. The number of hydrogen-bond acceptors (Lipinski definition) is 3. The second-order valence-corrected chi connectivity index (χ2v) is 7.30. The normalized spacial score (nSPS) is 35.0. The molecule has 2 N–H and O–H groups in total. The summed E-state index contributed by atoms with van der Waals surface area (Å²) in [4.78, 5) is 11.6. The Labute approximate surface area is 126 Å². The Balaban J connectivity index is 2.14. The standard InChI is InChI=1S/C18H24O3/c1-11(19)13-9-12-5-6-16-17(2,14(12)10-15(13)20)7-4-8-18(16,3)21/h9-10,16,20-21H,4-8H2,1-3H3/t16-,17-,18+/m1/s1. The number of fused-ring (bicyclic) bond motifs is 3. The van der Waals surface area contributed by atoms with Crippen LogP contribution >= 0.6 is 0 Å². The topological polar surface area (TPSA) is 57.5 Å². The van der Waals surface area contributed by atoms with E-state index < -0.39 is 5.60 Å². The van der Waals surface area contributed by atoms with Gasteiger partial charge in [-0.1, -0.05) is 6.92 Å². The van der Waals surface area contributed by atoms with Crippen molar-refractivity contribution in [2.75, 3.05) is 0 Å². The molecule has 1 saturated carbocycles. The average Bonchev–Trinajstić information content (AvgIpc) is 2.37. The lowest BCUT2D eigenvalue weighted by Crippen LogP contribution is -2.52. The highest BCUT2D eigenvalue weighted by molar-refractivity contribution is 5.97. The van der Waals surface area contributed by atoms with Crippen molar-refractivity contribution >= 4 is 5.78 Å². The third-order valence-electron chi connectivity index (χ3n) is 5.82. The first-order chi connectivity index (χ1) is 9.75. The largest absolute Gasteiger partial charge is 0.507 e. The van der Waals surface area contributed by atoms with E-state index in [-0.39, 0.29) is 22.9 Å². The lowest BCUT2D eigenvalue weighted by Gasteiger charge is -2.53. The van der Waals surface area contributed by atoms with Crippen molar-refractivity contribution in [2.24, 2.45) is 5.92 Å². The van der Waals surface area contributed by atoms with E-state index in [4.69, 9.17) is 0 Å². The number of ketones is 1. The van der Waals surface area contributed by atoms with Gasteiger partial charge in [-0.2, -0.15) is 0 Å². The van der Waals surface area contributed by atoms with Gasteiger partial charge in [-0.05, 0) is 80.5 Å². The molecule has 0 spiro atoms. The van der Waals surface area contributed by atoms with E-state index in [1.54, 1.807) is 6.07 Å². The molecule has 1 aromatic carbocycles. The molecule has 0 aliphatic heterocycles. The molecule has 0 unspecified atom stereocenters. The number of aliphatic hydroxyl groups is 1. The Kier molecular flexibility index (Phi) is 3.17. The fraction of sp³-hybridized carbons (Fsp3) is 0.611. The van der Waals surface area contributed by atoms with Crippen molar-refractivity contribution in [3.8, 4) is 5.75 Å². The van der Waals surface area contributed by atoms with Gasteiger partial charge < -0.3 is 10.2 Å². The molecule has 0 heterocycles. The smallest absolute Gasteiger partial charge is 0.163 e. The summed E-state index contributed by atoms with van der Waals surface area (Å²) in [6, 6.07) is 3.64. The van der Waals surface area contributed by atoms with Crippen molar-refractivity contribution in [2.45, 2.75) is 63.9 Å². The number of aryl methyl sites for hydroxylation is 1. The Bertz CT molecular complexity index is 603. The Morgan fingerprint density at radius 3 is 2.67 bits per heavy atom. The highest BCUT2D eigenvalue weighted by atomic mass is 16.3. The third kappa shape index (κ3) is 2.10. The van der Waals surface area contributed by atoms with E-state index >= 15 is 0 Å². The maximum Gasteiger partial charge on any atom is 0.163 e. The summed E-state index contributed by atoms with van der Waals surface area (Å²) in [7, 11) is 0. The number of phenolic OH excluding ortho intramolecular Hbond substituents is 1. The van der Waals surface area contributed by atoms with Crippen LogP contribution in [0, 0.1) is 5.92 Å². The molecule has 2 aliphatic rings. The molecule has 0 bridgehead atoms. The van der Waals surface area contributed by atoms with Gasteiger partial charge in [-0.25, -0.2) is 0 Å². The highest BCUT2D eigenvalue weighted by Crippen LogP contribution is 2.54. The predicted octanol–water partition coefficient (Wildman–Crippen LogP) is 3.35. The quantitative estimate of drug-likeness (QED) is 0.779. The van der Waals surface area contributed by atoms with E-state index in [1.807, 2.05) is 13.0 Å². The van der Waals surface area contributed by atoms with Crippen LogP contribution in [0.3, 0.4) is 0 Å². The summed E-state index contributed by atoms with van der Waals surface area (Å²) in [5.74, 6) is 0.195. The lowest BCUT2D eigenvalue weighted by molar-refractivity contribution is -0.0749. The highest BCUT2D eigenvalue weighted by Gasteiger charge is 2.51. The van der Waals surface area contributed by atoms with Gasteiger partial charge in [0.1, 0.15) is 5.75 Å². The molecule has 2 aliphatic carbocycles. The molecule has 0 aromatic heterocycles. The lowest BCUT2D eigenvalue weighted by atomic mass is 9.53. The SMILES string of the molecule is CC(=O)c1cc2c(cc1O)[C@@]1(C)CCC[C@](C)(O)[C@@H]1CC2. The summed E-state index contributed by atoms with van der Waals surface area (Å²) in [5, 5.41) is 20.9. The zero-order valence-corrected chi connectivity index (χ0v) is 13.1. The molecule has 3 nitrogen and oxygen atoms in total. The average molecular weight is 288 g/mol. The Hall–Kier alpha value is -1.35. The molecule has 114 valence electrons. The van der Waals surface area contributed by atoms with Gasteiger partial charge in [0.15, 0.2) is 5.78 Å². The monoisotopic (exact) mass is 288 g/mol. The number of benzene rings is 1. The van der Waals surface area contributed by atoms with Crippen LogP contribution in [-0.4, -0.2) is 21.6 Å².